The number of carboxylic acids is 1. The third kappa shape index (κ3) is 1.81. The second kappa shape index (κ2) is 4.04. The molecule has 1 rings (SSSR count). The van der Waals surface area contributed by atoms with Gasteiger partial charge in [0.1, 0.15) is 12.2 Å². The number of ether oxygens (including phenoxy) is 1. The second-order valence-electron chi connectivity index (χ2n) is 2.60. The number of methoxy groups -OCH3 is 1. The maximum Gasteiger partial charge on any atom is 0.339 e. The molecule has 0 bridgehead atoms. The molecule has 0 amide bonds. The van der Waals surface area contributed by atoms with E-state index in [9.17, 15) is 13.6 Å². The Hall–Kier alpha value is -1.65. The zero-order chi connectivity index (χ0) is 10.7. The van der Waals surface area contributed by atoms with Crippen LogP contribution in [0, 0.1) is 5.82 Å². The van der Waals surface area contributed by atoms with Crippen LogP contribution in [-0.2, 0) is 6.67 Å². The van der Waals surface area contributed by atoms with E-state index in [4.69, 9.17) is 5.11 Å². The van der Waals surface area contributed by atoms with Crippen molar-refractivity contribution in [2.24, 2.45) is 0 Å². The number of rotatable bonds is 3. The van der Waals surface area contributed by atoms with E-state index >= 15 is 0 Å². The molecule has 14 heavy (non-hydrogen) atoms. The Morgan fingerprint density at radius 2 is 2.21 bits per heavy atom. The molecule has 3 nitrogen and oxygen atoms in total. The van der Waals surface area contributed by atoms with Gasteiger partial charge < -0.3 is 9.84 Å². The van der Waals surface area contributed by atoms with Gasteiger partial charge in [-0.25, -0.2) is 13.6 Å². The third-order valence-electron chi connectivity index (χ3n) is 1.69. The highest BCUT2D eigenvalue weighted by molar-refractivity contribution is 5.91. The predicted molar refractivity (Wildman–Crippen MR) is 44.7 cm³/mol. The monoisotopic (exact) mass is 202 g/mol. The van der Waals surface area contributed by atoms with Crippen molar-refractivity contribution >= 4 is 5.97 Å². The van der Waals surface area contributed by atoms with Gasteiger partial charge in [-0.15, -0.1) is 0 Å². The molecule has 0 aromatic heterocycles. The molecule has 5 heteroatoms. The first-order chi connectivity index (χ1) is 6.60. The first kappa shape index (κ1) is 10.4. The largest absolute Gasteiger partial charge is 0.493 e. The van der Waals surface area contributed by atoms with Crippen molar-refractivity contribution in [3.63, 3.8) is 0 Å². The predicted octanol–water partition coefficient (Wildman–Crippen LogP) is 2.00. The second-order valence-corrected chi connectivity index (χ2v) is 2.60. The summed E-state index contributed by atoms with van der Waals surface area (Å²) in [7, 11) is 1.15. The van der Waals surface area contributed by atoms with Crippen LogP contribution in [-0.4, -0.2) is 18.2 Å². The molecule has 0 spiro atoms. The number of halogens is 2. The highest BCUT2D eigenvalue weighted by atomic mass is 19.1. The van der Waals surface area contributed by atoms with Gasteiger partial charge in [0.2, 0.25) is 0 Å². The summed E-state index contributed by atoms with van der Waals surface area (Å²) in [4.78, 5) is 10.6. The van der Waals surface area contributed by atoms with E-state index in [1.54, 1.807) is 0 Å². The number of aromatic carboxylic acids is 1. The number of hydrogen-bond donors (Lipinski definition) is 1. The quantitative estimate of drug-likeness (QED) is 0.815. The Morgan fingerprint density at radius 3 is 2.64 bits per heavy atom. The topological polar surface area (TPSA) is 46.5 Å². The summed E-state index contributed by atoms with van der Waals surface area (Å²) in [6, 6.07) is 1.95. The zero-order valence-corrected chi connectivity index (χ0v) is 7.38. The van der Waals surface area contributed by atoms with Crippen LogP contribution in [0.2, 0.25) is 0 Å². The molecule has 0 saturated carbocycles. The van der Waals surface area contributed by atoms with E-state index in [2.05, 4.69) is 4.74 Å². The van der Waals surface area contributed by atoms with E-state index in [-0.39, 0.29) is 16.9 Å². The minimum absolute atomic E-state index is 0.0271. The van der Waals surface area contributed by atoms with Gasteiger partial charge in [0.25, 0.3) is 0 Å². The van der Waals surface area contributed by atoms with Gasteiger partial charge >= 0.3 is 5.97 Å². The molecule has 0 aliphatic heterocycles. The minimum Gasteiger partial charge on any atom is -0.493 e. The molecule has 0 heterocycles. The van der Waals surface area contributed by atoms with Gasteiger partial charge in [0, 0.05) is 0 Å². The van der Waals surface area contributed by atoms with Crippen LogP contribution >= 0.6 is 0 Å². The molecular weight excluding hydrogens is 194 g/mol. The van der Waals surface area contributed by atoms with E-state index in [1.165, 1.54) is 0 Å². The molecule has 0 saturated heterocycles. The molecule has 0 unspecified atom stereocenters. The Morgan fingerprint density at radius 1 is 1.57 bits per heavy atom. The van der Waals surface area contributed by atoms with Crippen molar-refractivity contribution < 1.29 is 23.4 Å². The molecule has 0 aliphatic rings. The van der Waals surface area contributed by atoms with Crippen molar-refractivity contribution in [3.8, 4) is 5.75 Å². The number of carbonyl (C=O) groups is 1. The fourth-order valence-corrected chi connectivity index (χ4v) is 1.09. The fourth-order valence-electron chi connectivity index (χ4n) is 1.09. The van der Waals surface area contributed by atoms with Gasteiger partial charge in [-0.2, -0.15) is 0 Å². The molecule has 1 aromatic carbocycles. The molecule has 0 radical (unpaired) electrons. The van der Waals surface area contributed by atoms with Crippen LogP contribution in [0.1, 0.15) is 15.9 Å². The molecule has 0 fully saturated rings. The average Bonchev–Trinajstić information content (AvgIpc) is 2.16. The van der Waals surface area contributed by atoms with Gasteiger partial charge in [-0.05, 0) is 17.7 Å². The smallest absolute Gasteiger partial charge is 0.339 e. The lowest BCUT2D eigenvalue weighted by Crippen LogP contribution is -2.03. The zero-order valence-electron chi connectivity index (χ0n) is 7.38. The van der Waals surface area contributed by atoms with E-state index in [0.717, 1.165) is 19.2 Å². The van der Waals surface area contributed by atoms with Crippen molar-refractivity contribution in [2.75, 3.05) is 7.11 Å². The summed E-state index contributed by atoms with van der Waals surface area (Å²) in [5.41, 5.74) is -0.402. The molecule has 1 N–H and O–H groups in total. The first-order valence-corrected chi connectivity index (χ1v) is 3.75. The Kier molecular flexibility index (Phi) is 3.01. The summed E-state index contributed by atoms with van der Waals surface area (Å²) < 4.78 is 29.8. The summed E-state index contributed by atoms with van der Waals surface area (Å²) in [5.74, 6) is -2.61. The first-order valence-electron chi connectivity index (χ1n) is 3.75. The van der Waals surface area contributed by atoms with Crippen LogP contribution in [0.25, 0.3) is 0 Å². The molecule has 0 aliphatic carbocycles. The molecule has 76 valence electrons. The summed E-state index contributed by atoms with van der Waals surface area (Å²) in [5, 5.41) is 8.67. The van der Waals surface area contributed by atoms with E-state index in [1.807, 2.05) is 0 Å². The highest BCUT2D eigenvalue weighted by Crippen LogP contribution is 2.24. The Bertz CT molecular complexity index is 363. The maximum absolute atomic E-state index is 13.1. The molecule has 1 aromatic rings. The summed E-state index contributed by atoms with van der Waals surface area (Å²) >= 11 is 0. The van der Waals surface area contributed by atoms with Crippen LogP contribution in [0.4, 0.5) is 8.78 Å². The third-order valence-corrected chi connectivity index (χ3v) is 1.69. The van der Waals surface area contributed by atoms with Gasteiger partial charge in [-0.3, -0.25) is 0 Å². The lowest BCUT2D eigenvalue weighted by Gasteiger charge is -2.07. The normalized spacial score (nSPS) is 9.93. The van der Waals surface area contributed by atoms with Crippen molar-refractivity contribution in [2.45, 2.75) is 6.67 Å². The van der Waals surface area contributed by atoms with Gasteiger partial charge in [-0.1, -0.05) is 0 Å². The van der Waals surface area contributed by atoms with Crippen LogP contribution in [0.15, 0.2) is 12.1 Å². The molecular formula is C9H8F2O3. The fraction of sp³-hybridized carbons (Fsp3) is 0.222. The number of benzene rings is 1. The number of hydrogen-bond acceptors (Lipinski definition) is 2. The standard InChI is InChI=1S/C9H8F2O3/c1-14-8-6(9(12)13)2-5(4-10)3-7(8)11/h2-3H,4H2,1H3,(H,12,13). The van der Waals surface area contributed by atoms with Crippen LogP contribution in [0.3, 0.4) is 0 Å². The van der Waals surface area contributed by atoms with E-state index in [0.29, 0.717) is 0 Å². The SMILES string of the molecule is COc1c(F)cc(CF)cc1C(=O)O. The highest BCUT2D eigenvalue weighted by Gasteiger charge is 2.16. The maximum atomic E-state index is 13.1. The van der Waals surface area contributed by atoms with E-state index < -0.39 is 18.5 Å². The van der Waals surface area contributed by atoms with Crippen LogP contribution < -0.4 is 4.74 Å². The number of carboxylic acid groups (broad SMARTS) is 1. The lowest BCUT2D eigenvalue weighted by molar-refractivity contribution is 0.0692. The Labute approximate surface area is 78.9 Å². The lowest BCUT2D eigenvalue weighted by atomic mass is 10.1. The average molecular weight is 202 g/mol. The molecule has 0 atom stereocenters. The van der Waals surface area contributed by atoms with Crippen molar-refractivity contribution in [3.05, 3.63) is 29.1 Å². The van der Waals surface area contributed by atoms with Crippen LogP contribution in [0.5, 0.6) is 5.75 Å². The summed E-state index contributed by atoms with van der Waals surface area (Å²) in [6.45, 7) is -0.915. The van der Waals surface area contributed by atoms with Gasteiger partial charge in [0.15, 0.2) is 11.6 Å². The van der Waals surface area contributed by atoms with Gasteiger partial charge in [0.05, 0.1) is 7.11 Å². The van der Waals surface area contributed by atoms with Crippen molar-refractivity contribution in [1.82, 2.24) is 0 Å². The summed E-state index contributed by atoms with van der Waals surface area (Å²) in [6.07, 6.45) is 0. The minimum atomic E-state index is -1.35. The number of alkyl halides is 1. The Balaban J connectivity index is 3.35. The van der Waals surface area contributed by atoms with Crippen molar-refractivity contribution in [1.29, 1.82) is 0 Å².